The maximum atomic E-state index is 13.5. The number of H-pyrrole nitrogens is 1. The number of amides is 1. The fourth-order valence-corrected chi connectivity index (χ4v) is 3.14. The molecule has 0 bridgehead atoms. The number of anilines is 2. The summed E-state index contributed by atoms with van der Waals surface area (Å²) in [5.74, 6) is -0.105. The number of pyridine rings is 1. The molecule has 0 saturated heterocycles. The molecule has 0 radical (unpaired) electrons. The highest BCUT2D eigenvalue weighted by molar-refractivity contribution is 6.14. The molecule has 1 unspecified atom stereocenters. The second-order valence-corrected chi connectivity index (χ2v) is 6.46. The Bertz CT molecular complexity index is 1070. The van der Waals surface area contributed by atoms with E-state index in [1.807, 2.05) is 79.9 Å². The van der Waals surface area contributed by atoms with E-state index in [4.69, 9.17) is 5.73 Å². The van der Waals surface area contributed by atoms with Crippen LogP contribution in [0, 0.1) is 0 Å². The minimum absolute atomic E-state index is 0.0703. The fourth-order valence-electron chi connectivity index (χ4n) is 3.14. The van der Waals surface area contributed by atoms with Gasteiger partial charge in [-0.15, -0.1) is 0 Å². The van der Waals surface area contributed by atoms with Gasteiger partial charge in [0.2, 0.25) is 0 Å². The van der Waals surface area contributed by atoms with E-state index < -0.39 is 0 Å². The molecule has 0 saturated carbocycles. The first-order valence-corrected chi connectivity index (χ1v) is 8.82. The van der Waals surface area contributed by atoms with E-state index in [0.717, 1.165) is 28.0 Å². The highest BCUT2D eigenvalue weighted by atomic mass is 16.2. The number of aromatic nitrogens is 2. The summed E-state index contributed by atoms with van der Waals surface area (Å²) in [5.41, 5.74) is 9.85. The molecule has 0 fully saturated rings. The van der Waals surface area contributed by atoms with E-state index in [2.05, 4.69) is 9.97 Å². The number of carbonyl (C=O) groups excluding carboxylic acids is 1. The number of nitrogens with one attached hydrogen (secondary N) is 1. The van der Waals surface area contributed by atoms with Crippen LogP contribution in [0.4, 0.5) is 11.4 Å². The van der Waals surface area contributed by atoms with Crippen molar-refractivity contribution in [3.05, 3.63) is 90.3 Å². The van der Waals surface area contributed by atoms with Crippen LogP contribution in [-0.4, -0.2) is 15.9 Å². The molecule has 5 nitrogen and oxygen atoms in total. The molecule has 0 spiro atoms. The van der Waals surface area contributed by atoms with E-state index in [9.17, 15) is 4.79 Å². The van der Waals surface area contributed by atoms with Gasteiger partial charge in [0.25, 0.3) is 5.91 Å². The molecular weight excluding hydrogens is 336 g/mol. The van der Waals surface area contributed by atoms with Crippen LogP contribution in [-0.2, 0) is 0 Å². The van der Waals surface area contributed by atoms with Crippen molar-refractivity contribution in [3.8, 4) is 0 Å². The van der Waals surface area contributed by atoms with Crippen molar-refractivity contribution >= 4 is 28.3 Å². The Balaban J connectivity index is 1.84. The van der Waals surface area contributed by atoms with Crippen LogP contribution in [0.15, 0.2) is 79.1 Å². The average Bonchev–Trinajstić information content (AvgIpc) is 3.19. The molecule has 3 N–H and O–H groups in total. The van der Waals surface area contributed by atoms with Gasteiger partial charge >= 0.3 is 0 Å². The summed E-state index contributed by atoms with van der Waals surface area (Å²) in [4.78, 5) is 22.6. The second kappa shape index (κ2) is 7.05. The van der Waals surface area contributed by atoms with Gasteiger partial charge in [-0.25, -0.2) is 4.98 Å². The van der Waals surface area contributed by atoms with Gasteiger partial charge in [-0.05, 0) is 48.9 Å². The van der Waals surface area contributed by atoms with E-state index in [1.165, 1.54) is 0 Å². The first kappa shape index (κ1) is 17.0. The van der Waals surface area contributed by atoms with Crippen molar-refractivity contribution in [2.24, 2.45) is 5.73 Å². The zero-order valence-electron chi connectivity index (χ0n) is 15.0. The van der Waals surface area contributed by atoms with Gasteiger partial charge < -0.3 is 10.7 Å². The lowest BCUT2D eigenvalue weighted by atomic mass is 10.1. The average molecular weight is 356 g/mol. The van der Waals surface area contributed by atoms with Crippen LogP contribution in [0.2, 0.25) is 0 Å². The predicted molar refractivity (Wildman–Crippen MR) is 108 cm³/mol. The summed E-state index contributed by atoms with van der Waals surface area (Å²) in [5, 5.41) is 0.891. The Morgan fingerprint density at radius 1 is 1.04 bits per heavy atom. The van der Waals surface area contributed by atoms with Crippen LogP contribution >= 0.6 is 0 Å². The van der Waals surface area contributed by atoms with Crippen molar-refractivity contribution in [3.63, 3.8) is 0 Å². The van der Waals surface area contributed by atoms with Crippen molar-refractivity contribution in [2.75, 3.05) is 4.90 Å². The standard InChI is InChI=1S/C22H20N4O/c1-15(23)16-7-9-17(10-8-16)22(27)26(18-5-3-2-4-6-18)20-12-14-25-21-19(20)11-13-24-21/h2-15H,23H2,1H3,(H,24,25). The molecule has 2 aromatic carbocycles. The Morgan fingerprint density at radius 3 is 2.48 bits per heavy atom. The van der Waals surface area contributed by atoms with Gasteiger partial charge in [-0.2, -0.15) is 0 Å². The molecule has 27 heavy (non-hydrogen) atoms. The monoisotopic (exact) mass is 356 g/mol. The molecule has 4 rings (SSSR count). The summed E-state index contributed by atoms with van der Waals surface area (Å²) in [6, 6.07) is 20.8. The van der Waals surface area contributed by atoms with Crippen LogP contribution in [0.1, 0.15) is 28.9 Å². The SMILES string of the molecule is CC(N)c1ccc(C(=O)N(c2ccccc2)c2ccnc3[nH]ccc23)cc1. The minimum Gasteiger partial charge on any atom is -0.346 e. The molecule has 1 atom stereocenters. The minimum atomic E-state index is -0.105. The number of nitrogens with zero attached hydrogens (tertiary/aromatic N) is 2. The number of rotatable bonds is 4. The van der Waals surface area contributed by atoms with Crippen LogP contribution < -0.4 is 10.6 Å². The Morgan fingerprint density at radius 2 is 1.78 bits per heavy atom. The topological polar surface area (TPSA) is 75.0 Å². The van der Waals surface area contributed by atoms with E-state index in [1.54, 1.807) is 11.1 Å². The molecule has 2 aromatic heterocycles. The number of para-hydroxylation sites is 1. The Hall–Kier alpha value is -3.44. The van der Waals surface area contributed by atoms with Gasteiger partial charge in [-0.3, -0.25) is 9.69 Å². The quantitative estimate of drug-likeness (QED) is 0.563. The third-order valence-electron chi connectivity index (χ3n) is 4.58. The Labute approximate surface area is 157 Å². The molecule has 0 aliphatic carbocycles. The molecule has 1 amide bonds. The normalized spacial score (nSPS) is 12.1. The lowest BCUT2D eigenvalue weighted by molar-refractivity contribution is 0.0999. The van der Waals surface area contributed by atoms with Crippen molar-refractivity contribution in [1.29, 1.82) is 0 Å². The first-order chi connectivity index (χ1) is 13.1. The van der Waals surface area contributed by atoms with Gasteiger partial charge in [-0.1, -0.05) is 30.3 Å². The van der Waals surface area contributed by atoms with E-state index in [0.29, 0.717) is 5.56 Å². The second-order valence-electron chi connectivity index (χ2n) is 6.46. The molecule has 134 valence electrons. The van der Waals surface area contributed by atoms with E-state index in [-0.39, 0.29) is 11.9 Å². The van der Waals surface area contributed by atoms with E-state index >= 15 is 0 Å². The summed E-state index contributed by atoms with van der Waals surface area (Å²) < 4.78 is 0. The maximum Gasteiger partial charge on any atom is 0.262 e. The smallest absolute Gasteiger partial charge is 0.262 e. The lowest BCUT2D eigenvalue weighted by Crippen LogP contribution is -2.26. The molecule has 0 aliphatic rings. The van der Waals surface area contributed by atoms with Gasteiger partial charge in [0, 0.05) is 35.1 Å². The number of hydrogen-bond donors (Lipinski definition) is 2. The molecule has 4 aromatic rings. The first-order valence-electron chi connectivity index (χ1n) is 8.82. The predicted octanol–water partition coefficient (Wildman–Crippen LogP) is 4.56. The number of nitrogens with two attached hydrogens (primary N) is 1. The summed E-state index contributed by atoms with van der Waals surface area (Å²) in [6.45, 7) is 1.92. The van der Waals surface area contributed by atoms with Crippen LogP contribution in [0.3, 0.4) is 0 Å². The third-order valence-corrected chi connectivity index (χ3v) is 4.58. The number of carbonyl (C=O) groups is 1. The van der Waals surface area contributed by atoms with Crippen molar-refractivity contribution in [2.45, 2.75) is 13.0 Å². The van der Waals surface area contributed by atoms with Gasteiger partial charge in [0.1, 0.15) is 5.65 Å². The molecule has 2 heterocycles. The van der Waals surface area contributed by atoms with Crippen LogP contribution in [0.25, 0.3) is 11.0 Å². The zero-order valence-corrected chi connectivity index (χ0v) is 15.0. The van der Waals surface area contributed by atoms with Crippen molar-refractivity contribution in [1.82, 2.24) is 9.97 Å². The third kappa shape index (κ3) is 3.20. The zero-order chi connectivity index (χ0) is 18.8. The van der Waals surface area contributed by atoms with Crippen molar-refractivity contribution < 1.29 is 4.79 Å². The van der Waals surface area contributed by atoms with Gasteiger partial charge in [0.05, 0.1) is 5.69 Å². The lowest BCUT2D eigenvalue weighted by Gasteiger charge is -2.24. The highest BCUT2D eigenvalue weighted by Gasteiger charge is 2.22. The molecule has 0 aliphatic heterocycles. The number of benzene rings is 2. The molecule has 5 heteroatoms. The maximum absolute atomic E-state index is 13.5. The van der Waals surface area contributed by atoms with Gasteiger partial charge in [0.15, 0.2) is 0 Å². The number of fused-ring (bicyclic) bond motifs is 1. The molecular formula is C22H20N4O. The summed E-state index contributed by atoms with van der Waals surface area (Å²) in [6.07, 6.45) is 3.53. The largest absolute Gasteiger partial charge is 0.346 e. The Kier molecular flexibility index (Phi) is 4.44. The highest BCUT2D eigenvalue weighted by Crippen LogP contribution is 2.32. The fraction of sp³-hybridized carbons (Fsp3) is 0.0909. The number of hydrogen-bond acceptors (Lipinski definition) is 3. The number of aromatic amines is 1. The summed E-state index contributed by atoms with van der Waals surface area (Å²) >= 11 is 0. The van der Waals surface area contributed by atoms with Crippen LogP contribution in [0.5, 0.6) is 0 Å². The summed E-state index contributed by atoms with van der Waals surface area (Å²) in [7, 11) is 0.